The second-order valence-corrected chi connectivity index (χ2v) is 6.98. The van der Waals surface area contributed by atoms with Crippen LogP contribution in [0.1, 0.15) is 46.0 Å². The van der Waals surface area contributed by atoms with Crippen LogP contribution in [0.15, 0.2) is 24.3 Å². The van der Waals surface area contributed by atoms with Gasteiger partial charge in [0.2, 0.25) is 0 Å². The summed E-state index contributed by atoms with van der Waals surface area (Å²) in [6.45, 7) is 9.44. The first-order chi connectivity index (χ1) is 11.9. The molecule has 0 spiro atoms. The molecule has 1 aliphatic rings. The van der Waals surface area contributed by atoms with Crippen LogP contribution in [0.25, 0.3) is 0 Å². The highest BCUT2D eigenvalue weighted by Gasteiger charge is 2.25. The molecule has 1 N–H and O–H groups in total. The first-order valence-corrected chi connectivity index (χ1v) is 8.88. The fraction of sp³-hybridized carbons (Fsp3) is 0.450. The minimum atomic E-state index is 0.000173. The van der Waals surface area contributed by atoms with Gasteiger partial charge in [0.05, 0.1) is 0 Å². The predicted octanol–water partition coefficient (Wildman–Crippen LogP) is 3.43. The zero-order valence-corrected chi connectivity index (χ0v) is 15.5. The zero-order valence-electron chi connectivity index (χ0n) is 15.5. The lowest BCUT2D eigenvalue weighted by atomic mass is 10.0. The summed E-state index contributed by atoms with van der Waals surface area (Å²) in [5, 5.41) is 3.58. The van der Waals surface area contributed by atoms with E-state index in [1.54, 1.807) is 6.07 Å². The average Bonchev–Trinajstić information content (AvgIpc) is 2.57. The summed E-state index contributed by atoms with van der Waals surface area (Å²) in [7, 11) is 0. The Hall–Kier alpha value is -2.43. The number of hydrogen-bond donors (Lipinski definition) is 1. The Kier molecular flexibility index (Phi) is 5.02. The molecule has 0 aliphatic carbocycles. The largest absolute Gasteiger partial charge is 0.381 e. The van der Waals surface area contributed by atoms with Crippen molar-refractivity contribution in [3.63, 3.8) is 0 Å². The summed E-state index contributed by atoms with van der Waals surface area (Å²) < 4.78 is 0. The van der Waals surface area contributed by atoms with Crippen molar-refractivity contribution in [3.05, 3.63) is 52.6 Å². The maximum Gasteiger partial charge on any atom is 0.272 e. The summed E-state index contributed by atoms with van der Waals surface area (Å²) in [4.78, 5) is 23.3. The molecule has 25 heavy (non-hydrogen) atoms. The minimum Gasteiger partial charge on any atom is -0.381 e. The number of piperidine rings is 1. The molecule has 2 aromatic rings. The molecule has 5 heteroatoms. The van der Waals surface area contributed by atoms with Crippen molar-refractivity contribution in [2.45, 2.75) is 46.6 Å². The topological polar surface area (TPSA) is 58.1 Å². The van der Waals surface area contributed by atoms with E-state index >= 15 is 0 Å². The van der Waals surface area contributed by atoms with Crippen molar-refractivity contribution in [1.29, 1.82) is 0 Å². The second-order valence-electron chi connectivity index (χ2n) is 6.98. The third-order valence-electron chi connectivity index (χ3n) is 4.77. The van der Waals surface area contributed by atoms with Crippen molar-refractivity contribution in [1.82, 2.24) is 14.9 Å². The van der Waals surface area contributed by atoms with Gasteiger partial charge < -0.3 is 10.2 Å². The summed E-state index contributed by atoms with van der Waals surface area (Å²) in [5.41, 5.74) is 5.02. The Labute approximate surface area is 149 Å². The van der Waals surface area contributed by atoms with Crippen LogP contribution in [0.3, 0.4) is 0 Å². The summed E-state index contributed by atoms with van der Waals surface area (Å²) in [5.74, 6) is 0.644. The van der Waals surface area contributed by atoms with E-state index in [1.807, 2.05) is 18.7 Å². The molecule has 3 rings (SSSR count). The highest BCUT2D eigenvalue weighted by atomic mass is 16.2. The van der Waals surface area contributed by atoms with E-state index < -0.39 is 0 Å². The highest BCUT2D eigenvalue weighted by Crippen LogP contribution is 2.20. The van der Waals surface area contributed by atoms with Crippen LogP contribution in [0.4, 0.5) is 5.69 Å². The standard InChI is InChI=1S/C20H26N4O/c1-13-7-8-17(10-14(13)2)23-18-6-5-9-24(12-18)20(25)19-11-15(3)21-16(4)22-19/h7-8,10-11,18,23H,5-6,9,12H2,1-4H3. The fourth-order valence-electron chi connectivity index (χ4n) is 3.33. The number of nitrogens with zero attached hydrogens (tertiary/aromatic N) is 3. The van der Waals surface area contributed by atoms with E-state index in [2.05, 4.69) is 47.3 Å². The molecule has 1 amide bonds. The lowest BCUT2D eigenvalue weighted by Crippen LogP contribution is -2.45. The Morgan fingerprint density at radius 3 is 2.64 bits per heavy atom. The number of aryl methyl sites for hydroxylation is 4. The molecule has 1 aliphatic heterocycles. The third-order valence-corrected chi connectivity index (χ3v) is 4.77. The van der Waals surface area contributed by atoms with Gasteiger partial charge in [-0.1, -0.05) is 6.07 Å². The predicted molar refractivity (Wildman–Crippen MR) is 100.0 cm³/mol. The van der Waals surface area contributed by atoms with Crippen molar-refractivity contribution >= 4 is 11.6 Å². The number of amides is 1. The van der Waals surface area contributed by atoms with E-state index in [0.29, 0.717) is 18.1 Å². The van der Waals surface area contributed by atoms with Crippen molar-refractivity contribution in [3.8, 4) is 0 Å². The van der Waals surface area contributed by atoms with Gasteiger partial charge >= 0.3 is 0 Å². The third kappa shape index (κ3) is 4.16. The number of benzene rings is 1. The quantitative estimate of drug-likeness (QED) is 0.931. The van der Waals surface area contributed by atoms with Crippen molar-refractivity contribution < 1.29 is 4.79 Å². The van der Waals surface area contributed by atoms with Crippen molar-refractivity contribution in [2.24, 2.45) is 0 Å². The normalized spacial score (nSPS) is 17.4. The molecule has 0 saturated carbocycles. The maximum atomic E-state index is 12.8. The molecule has 1 atom stereocenters. The van der Waals surface area contributed by atoms with Crippen LogP contribution < -0.4 is 5.32 Å². The zero-order chi connectivity index (χ0) is 18.0. The minimum absolute atomic E-state index is 0.000173. The molecule has 1 saturated heterocycles. The van der Waals surface area contributed by atoms with Crippen LogP contribution in [0.5, 0.6) is 0 Å². The number of rotatable bonds is 3. The van der Waals surface area contributed by atoms with Crippen molar-refractivity contribution in [2.75, 3.05) is 18.4 Å². The molecular formula is C20H26N4O. The van der Waals surface area contributed by atoms with E-state index in [9.17, 15) is 4.79 Å². The van der Waals surface area contributed by atoms with Gasteiger partial charge in [-0.05, 0) is 69.9 Å². The van der Waals surface area contributed by atoms with Gasteiger partial charge in [-0.15, -0.1) is 0 Å². The van der Waals surface area contributed by atoms with E-state index in [-0.39, 0.29) is 11.9 Å². The number of carbonyl (C=O) groups is 1. The smallest absolute Gasteiger partial charge is 0.272 e. The maximum absolute atomic E-state index is 12.8. The lowest BCUT2D eigenvalue weighted by Gasteiger charge is -2.33. The molecule has 1 unspecified atom stereocenters. The van der Waals surface area contributed by atoms with Gasteiger partial charge in [-0.25, -0.2) is 9.97 Å². The molecular weight excluding hydrogens is 312 g/mol. The first-order valence-electron chi connectivity index (χ1n) is 8.88. The van der Waals surface area contributed by atoms with Gasteiger partial charge in [0.25, 0.3) is 5.91 Å². The number of hydrogen-bond acceptors (Lipinski definition) is 4. The summed E-state index contributed by atoms with van der Waals surface area (Å²) in [6, 6.07) is 8.46. The molecule has 5 nitrogen and oxygen atoms in total. The van der Waals surface area contributed by atoms with Gasteiger partial charge in [-0.2, -0.15) is 0 Å². The van der Waals surface area contributed by atoms with Crippen LogP contribution >= 0.6 is 0 Å². The van der Waals surface area contributed by atoms with Crippen LogP contribution in [-0.4, -0.2) is 39.9 Å². The number of anilines is 1. The fourth-order valence-corrected chi connectivity index (χ4v) is 3.33. The Balaban J connectivity index is 1.69. The van der Waals surface area contributed by atoms with Crippen LogP contribution in [0.2, 0.25) is 0 Å². The lowest BCUT2D eigenvalue weighted by molar-refractivity contribution is 0.0708. The highest BCUT2D eigenvalue weighted by molar-refractivity contribution is 5.92. The molecule has 0 bridgehead atoms. The molecule has 1 aromatic heterocycles. The first kappa shape index (κ1) is 17.4. The molecule has 132 valence electrons. The van der Waals surface area contributed by atoms with Gasteiger partial charge in [-0.3, -0.25) is 4.79 Å². The van der Waals surface area contributed by atoms with E-state index in [1.165, 1.54) is 11.1 Å². The average molecular weight is 338 g/mol. The number of likely N-dealkylation sites (tertiary alicyclic amines) is 1. The monoisotopic (exact) mass is 338 g/mol. The van der Waals surface area contributed by atoms with Gasteiger partial charge in [0, 0.05) is 30.5 Å². The van der Waals surface area contributed by atoms with Gasteiger partial charge in [0.1, 0.15) is 11.5 Å². The molecule has 2 heterocycles. The Morgan fingerprint density at radius 1 is 1.12 bits per heavy atom. The summed E-state index contributed by atoms with van der Waals surface area (Å²) >= 11 is 0. The summed E-state index contributed by atoms with van der Waals surface area (Å²) in [6.07, 6.45) is 2.07. The number of carbonyl (C=O) groups excluding carboxylic acids is 1. The Morgan fingerprint density at radius 2 is 1.92 bits per heavy atom. The molecule has 1 aromatic carbocycles. The Bertz CT molecular complexity index is 767. The van der Waals surface area contributed by atoms with Gasteiger partial charge in [0.15, 0.2) is 0 Å². The van der Waals surface area contributed by atoms with Crippen LogP contribution in [0, 0.1) is 27.7 Å². The number of aromatic nitrogens is 2. The molecule has 0 radical (unpaired) electrons. The second kappa shape index (κ2) is 7.21. The van der Waals surface area contributed by atoms with E-state index in [0.717, 1.165) is 30.8 Å². The van der Waals surface area contributed by atoms with Crippen LogP contribution in [-0.2, 0) is 0 Å². The molecule has 1 fully saturated rings. The SMILES string of the molecule is Cc1cc(C(=O)N2CCCC(Nc3ccc(C)c(C)c3)C2)nc(C)n1. The van der Waals surface area contributed by atoms with E-state index in [4.69, 9.17) is 0 Å². The number of nitrogens with one attached hydrogen (secondary N) is 1.